The van der Waals surface area contributed by atoms with Crippen molar-refractivity contribution in [3.05, 3.63) is 35.4 Å². The Hall–Kier alpha value is -0.860. The zero-order valence-electron chi connectivity index (χ0n) is 9.99. The van der Waals surface area contributed by atoms with Crippen LogP contribution in [0.3, 0.4) is 0 Å². The molecule has 1 aromatic rings. The van der Waals surface area contributed by atoms with E-state index in [1.165, 1.54) is 24.0 Å². The van der Waals surface area contributed by atoms with E-state index >= 15 is 0 Å². The average Bonchev–Trinajstić information content (AvgIpc) is 3.11. The Balaban J connectivity index is 1.89. The molecular formula is C14H21NO. The summed E-state index contributed by atoms with van der Waals surface area (Å²) < 4.78 is 5.06. The second kappa shape index (κ2) is 5.46. The van der Waals surface area contributed by atoms with Crippen LogP contribution in [0.1, 0.15) is 36.4 Å². The van der Waals surface area contributed by atoms with Crippen molar-refractivity contribution >= 4 is 0 Å². The molecule has 2 nitrogen and oxygen atoms in total. The molecule has 1 aromatic carbocycles. The standard InChI is InChI=1S/C14H21NO/c1-16-9-8-11-4-6-13(7-5-11)14(15)10-12-2-3-12/h4-7,12,14H,2-3,8-10,15H2,1H3. The van der Waals surface area contributed by atoms with Gasteiger partial charge in [0.25, 0.3) is 0 Å². The van der Waals surface area contributed by atoms with E-state index in [4.69, 9.17) is 10.5 Å². The van der Waals surface area contributed by atoms with Gasteiger partial charge in [-0.25, -0.2) is 0 Å². The summed E-state index contributed by atoms with van der Waals surface area (Å²) in [6.07, 6.45) is 4.88. The zero-order chi connectivity index (χ0) is 11.4. The number of benzene rings is 1. The summed E-state index contributed by atoms with van der Waals surface area (Å²) in [6.45, 7) is 0.785. The Morgan fingerprint density at radius 3 is 2.56 bits per heavy atom. The lowest BCUT2D eigenvalue weighted by atomic mass is 10.0. The summed E-state index contributed by atoms with van der Waals surface area (Å²) in [5, 5.41) is 0. The van der Waals surface area contributed by atoms with Gasteiger partial charge in [0, 0.05) is 13.2 Å². The maximum atomic E-state index is 6.16. The fourth-order valence-electron chi connectivity index (χ4n) is 2.00. The Bertz CT molecular complexity index is 316. The molecule has 16 heavy (non-hydrogen) atoms. The molecule has 2 heteroatoms. The van der Waals surface area contributed by atoms with Gasteiger partial charge in [0.15, 0.2) is 0 Å². The van der Waals surface area contributed by atoms with Crippen LogP contribution in [0.2, 0.25) is 0 Å². The highest BCUT2D eigenvalue weighted by molar-refractivity contribution is 5.25. The minimum atomic E-state index is 0.226. The molecule has 0 heterocycles. The monoisotopic (exact) mass is 219 g/mol. The third kappa shape index (κ3) is 3.32. The first-order valence-corrected chi connectivity index (χ1v) is 6.13. The predicted octanol–water partition coefficient (Wildman–Crippen LogP) is 2.68. The molecule has 1 aliphatic carbocycles. The number of hydrogen-bond donors (Lipinski definition) is 1. The number of nitrogens with two attached hydrogens (primary N) is 1. The molecule has 0 radical (unpaired) electrons. The molecule has 0 bridgehead atoms. The molecule has 0 amide bonds. The second-order valence-corrected chi connectivity index (χ2v) is 4.77. The predicted molar refractivity (Wildman–Crippen MR) is 66.3 cm³/mol. The fourth-order valence-corrected chi connectivity index (χ4v) is 2.00. The first-order valence-electron chi connectivity index (χ1n) is 6.13. The van der Waals surface area contributed by atoms with Crippen molar-refractivity contribution in [3.63, 3.8) is 0 Å². The summed E-state index contributed by atoms with van der Waals surface area (Å²) in [4.78, 5) is 0. The zero-order valence-corrected chi connectivity index (χ0v) is 9.99. The van der Waals surface area contributed by atoms with Crippen molar-refractivity contribution in [1.29, 1.82) is 0 Å². The summed E-state index contributed by atoms with van der Waals surface area (Å²) in [7, 11) is 1.74. The Kier molecular flexibility index (Phi) is 3.97. The van der Waals surface area contributed by atoms with E-state index in [0.717, 1.165) is 25.4 Å². The van der Waals surface area contributed by atoms with Crippen LogP contribution in [-0.4, -0.2) is 13.7 Å². The van der Waals surface area contributed by atoms with Gasteiger partial charge in [-0.05, 0) is 29.9 Å². The molecule has 88 valence electrons. The molecule has 1 aliphatic rings. The van der Waals surface area contributed by atoms with Gasteiger partial charge in [0.2, 0.25) is 0 Å². The summed E-state index contributed by atoms with van der Waals surface area (Å²) >= 11 is 0. The third-order valence-electron chi connectivity index (χ3n) is 3.29. The summed E-state index contributed by atoms with van der Waals surface area (Å²) in [5.74, 6) is 0.892. The Morgan fingerprint density at radius 1 is 1.31 bits per heavy atom. The van der Waals surface area contributed by atoms with Crippen LogP contribution in [0.5, 0.6) is 0 Å². The number of rotatable bonds is 6. The normalized spacial score (nSPS) is 17.4. The molecule has 1 fully saturated rings. The van der Waals surface area contributed by atoms with E-state index in [1.54, 1.807) is 7.11 Å². The van der Waals surface area contributed by atoms with Crippen molar-refractivity contribution in [2.45, 2.75) is 31.7 Å². The van der Waals surface area contributed by atoms with Crippen LogP contribution in [0, 0.1) is 5.92 Å². The van der Waals surface area contributed by atoms with E-state index in [9.17, 15) is 0 Å². The van der Waals surface area contributed by atoms with E-state index < -0.39 is 0 Å². The average molecular weight is 219 g/mol. The minimum absolute atomic E-state index is 0.226. The molecule has 2 rings (SSSR count). The van der Waals surface area contributed by atoms with Gasteiger partial charge in [-0.15, -0.1) is 0 Å². The lowest BCUT2D eigenvalue weighted by Gasteiger charge is -2.11. The smallest absolute Gasteiger partial charge is 0.0502 e. The minimum Gasteiger partial charge on any atom is -0.384 e. The topological polar surface area (TPSA) is 35.2 Å². The lowest BCUT2D eigenvalue weighted by Crippen LogP contribution is -2.10. The van der Waals surface area contributed by atoms with Crippen LogP contribution in [0.4, 0.5) is 0 Å². The second-order valence-electron chi connectivity index (χ2n) is 4.77. The van der Waals surface area contributed by atoms with Gasteiger partial charge < -0.3 is 10.5 Å². The van der Waals surface area contributed by atoms with Gasteiger partial charge in [-0.2, -0.15) is 0 Å². The third-order valence-corrected chi connectivity index (χ3v) is 3.29. The molecule has 0 saturated heterocycles. The molecule has 1 atom stereocenters. The molecule has 0 spiro atoms. The highest BCUT2D eigenvalue weighted by Crippen LogP contribution is 2.36. The number of methoxy groups -OCH3 is 1. The van der Waals surface area contributed by atoms with Gasteiger partial charge in [0.05, 0.1) is 6.61 Å². The molecule has 1 saturated carbocycles. The largest absolute Gasteiger partial charge is 0.384 e. The molecular weight excluding hydrogens is 198 g/mol. The highest BCUT2D eigenvalue weighted by Gasteiger charge is 2.24. The Labute approximate surface area is 97.8 Å². The summed E-state index contributed by atoms with van der Waals surface area (Å²) in [6, 6.07) is 8.89. The first-order chi connectivity index (χ1) is 7.79. The van der Waals surface area contributed by atoms with Crippen molar-refractivity contribution in [2.75, 3.05) is 13.7 Å². The van der Waals surface area contributed by atoms with Gasteiger partial charge in [-0.3, -0.25) is 0 Å². The van der Waals surface area contributed by atoms with E-state index in [0.29, 0.717) is 0 Å². The SMILES string of the molecule is COCCc1ccc(C(N)CC2CC2)cc1. The molecule has 0 aromatic heterocycles. The van der Waals surface area contributed by atoms with Crippen LogP contribution < -0.4 is 5.73 Å². The van der Waals surface area contributed by atoms with Crippen molar-refractivity contribution in [2.24, 2.45) is 11.7 Å². The summed E-state index contributed by atoms with van der Waals surface area (Å²) in [5.41, 5.74) is 8.76. The van der Waals surface area contributed by atoms with E-state index in [2.05, 4.69) is 24.3 Å². The van der Waals surface area contributed by atoms with Crippen LogP contribution in [0.15, 0.2) is 24.3 Å². The van der Waals surface area contributed by atoms with Crippen LogP contribution >= 0.6 is 0 Å². The molecule has 2 N–H and O–H groups in total. The number of ether oxygens (including phenoxy) is 1. The first kappa shape index (κ1) is 11.6. The Morgan fingerprint density at radius 2 is 2.00 bits per heavy atom. The quantitative estimate of drug-likeness (QED) is 0.798. The van der Waals surface area contributed by atoms with Crippen molar-refractivity contribution in [1.82, 2.24) is 0 Å². The molecule has 0 aliphatic heterocycles. The van der Waals surface area contributed by atoms with Crippen molar-refractivity contribution in [3.8, 4) is 0 Å². The van der Waals surface area contributed by atoms with Crippen molar-refractivity contribution < 1.29 is 4.74 Å². The maximum Gasteiger partial charge on any atom is 0.0502 e. The molecule has 1 unspecified atom stereocenters. The van der Waals surface area contributed by atoms with E-state index in [1.807, 2.05) is 0 Å². The van der Waals surface area contributed by atoms with Gasteiger partial charge >= 0.3 is 0 Å². The van der Waals surface area contributed by atoms with Gasteiger partial charge in [0.1, 0.15) is 0 Å². The maximum absolute atomic E-state index is 6.16. The number of hydrogen-bond acceptors (Lipinski definition) is 2. The van der Waals surface area contributed by atoms with E-state index in [-0.39, 0.29) is 6.04 Å². The fraction of sp³-hybridized carbons (Fsp3) is 0.571. The highest BCUT2D eigenvalue weighted by atomic mass is 16.5. The lowest BCUT2D eigenvalue weighted by molar-refractivity contribution is 0.202. The van der Waals surface area contributed by atoms with Crippen LogP contribution in [0.25, 0.3) is 0 Å². The van der Waals surface area contributed by atoms with Crippen LogP contribution in [-0.2, 0) is 11.2 Å². The van der Waals surface area contributed by atoms with Gasteiger partial charge in [-0.1, -0.05) is 37.1 Å².